The molecule has 4 N–H and O–H groups in total. The maximum Gasteiger partial charge on any atom is 0.255 e. The highest BCUT2D eigenvalue weighted by atomic mass is 16.5. The number of benzene rings is 2. The van der Waals surface area contributed by atoms with Gasteiger partial charge in [-0.3, -0.25) is 4.79 Å². The van der Waals surface area contributed by atoms with E-state index in [4.69, 9.17) is 15.2 Å². The Balaban J connectivity index is 1.92. The lowest BCUT2D eigenvalue weighted by Gasteiger charge is -2.11. The van der Waals surface area contributed by atoms with Gasteiger partial charge in [0.2, 0.25) is 0 Å². The Kier molecular flexibility index (Phi) is 6.00. The monoisotopic (exact) mass is 315 g/mol. The molecule has 122 valence electrons. The van der Waals surface area contributed by atoms with E-state index in [1.165, 1.54) is 11.1 Å². The summed E-state index contributed by atoms with van der Waals surface area (Å²) in [6.07, 6.45) is 0. The van der Waals surface area contributed by atoms with Gasteiger partial charge in [0.25, 0.3) is 5.91 Å². The van der Waals surface area contributed by atoms with Crippen LogP contribution in [0.4, 0.5) is 0 Å². The highest BCUT2D eigenvalue weighted by Gasteiger charge is 2.08. The van der Waals surface area contributed by atoms with Crippen molar-refractivity contribution in [2.45, 2.75) is 20.0 Å². The molecular weight excluding hydrogens is 292 g/mol. The molecule has 0 fully saturated rings. The second kappa shape index (κ2) is 8.19. The van der Waals surface area contributed by atoms with Crippen LogP contribution in [0.15, 0.2) is 42.5 Å². The normalized spacial score (nSPS) is 10.3. The van der Waals surface area contributed by atoms with Crippen molar-refractivity contribution < 1.29 is 19.6 Å². The molecule has 0 spiro atoms. The highest BCUT2D eigenvalue weighted by molar-refractivity contribution is 5.75. The van der Waals surface area contributed by atoms with E-state index >= 15 is 0 Å². The van der Waals surface area contributed by atoms with Crippen molar-refractivity contribution in [3.63, 3.8) is 0 Å². The van der Waals surface area contributed by atoms with Crippen LogP contribution in [0.25, 0.3) is 0 Å². The SMILES string of the molecule is COc1cc(C[NH2+]Cc2ccc(C)cc2)ccc1OCC(N)=O. The topological polar surface area (TPSA) is 78.2 Å². The van der Waals surface area contributed by atoms with Gasteiger partial charge in [0.1, 0.15) is 13.1 Å². The van der Waals surface area contributed by atoms with Crippen molar-refractivity contribution >= 4 is 5.91 Å². The van der Waals surface area contributed by atoms with Crippen molar-refractivity contribution in [1.82, 2.24) is 0 Å². The van der Waals surface area contributed by atoms with E-state index in [-0.39, 0.29) is 6.61 Å². The lowest BCUT2D eigenvalue weighted by molar-refractivity contribution is -0.686. The Morgan fingerprint density at radius 1 is 1.04 bits per heavy atom. The lowest BCUT2D eigenvalue weighted by Crippen LogP contribution is -2.80. The first-order valence-electron chi connectivity index (χ1n) is 7.53. The first-order valence-corrected chi connectivity index (χ1v) is 7.53. The van der Waals surface area contributed by atoms with Crippen LogP contribution < -0.4 is 20.5 Å². The molecule has 0 saturated carbocycles. The quantitative estimate of drug-likeness (QED) is 0.766. The number of aryl methyl sites for hydroxylation is 1. The molecule has 0 saturated heterocycles. The first kappa shape index (κ1) is 16.8. The molecule has 0 aliphatic carbocycles. The van der Waals surface area contributed by atoms with Gasteiger partial charge in [0.15, 0.2) is 18.1 Å². The van der Waals surface area contributed by atoms with Gasteiger partial charge < -0.3 is 20.5 Å². The zero-order chi connectivity index (χ0) is 16.7. The molecule has 0 aromatic heterocycles. The number of nitrogens with two attached hydrogens (primary N) is 2. The summed E-state index contributed by atoms with van der Waals surface area (Å²) in [5.41, 5.74) is 8.77. The first-order chi connectivity index (χ1) is 11.1. The fraction of sp³-hybridized carbons (Fsp3) is 0.278. The molecule has 2 aromatic carbocycles. The number of ether oxygens (including phenoxy) is 2. The smallest absolute Gasteiger partial charge is 0.255 e. The maximum atomic E-state index is 10.8. The molecular formula is C18H23N2O3+. The van der Waals surface area contributed by atoms with Gasteiger partial charge in [0.05, 0.1) is 7.11 Å². The second-order valence-corrected chi connectivity index (χ2v) is 5.42. The molecule has 0 atom stereocenters. The van der Waals surface area contributed by atoms with Crippen LogP contribution in [0, 0.1) is 6.92 Å². The Bertz CT molecular complexity index is 654. The average Bonchev–Trinajstić information content (AvgIpc) is 2.55. The van der Waals surface area contributed by atoms with Crippen LogP contribution in [0.1, 0.15) is 16.7 Å². The molecule has 0 bridgehead atoms. The minimum absolute atomic E-state index is 0.157. The minimum Gasteiger partial charge on any atom is -0.493 e. The van der Waals surface area contributed by atoms with E-state index in [2.05, 4.69) is 36.5 Å². The van der Waals surface area contributed by atoms with Crippen LogP contribution >= 0.6 is 0 Å². The van der Waals surface area contributed by atoms with Crippen molar-refractivity contribution in [2.24, 2.45) is 5.73 Å². The molecule has 0 aliphatic rings. The number of hydrogen-bond donors (Lipinski definition) is 2. The molecule has 1 amide bonds. The molecule has 5 nitrogen and oxygen atoms in total. The fourth-order valence-corrected chi connectivity index (χ4v) is 2.24. The zero-order valence-electron chi connectivity index (χ0n) is 13.5. The Hall–Kier alpha value is -2.53. The standard InChI is InChI=1S/C18H22N2O3/c1-13-3-5-14(6-4-13)10-20-11-15-7-8-16(17(9-15)22-2)23-12-18(19)21/h3-9,20H,10-12H2,1-2H3,(H2,19,21)/p+1. The number of primary amides is 1. The molecule has 23 heavy (non-hydrogen) atoms. The van der Waals surface area contributed by atoms with Crippen LogP contribution in [-0.4, -0.2) is 19.6 Å². The molecule has 2 aromatic rings. The van der Waals surface area contributed by atoms with Crippen LogP contribution in [0.2, 0.25) is 0 Å². The number of methoxy groups -OCH3 is 1. The summed E-state index contributed by atoms with van der Waals surface area (Å²) < 4.78 is 10.6. The van der Waals surface area contributed by atoms with E-state index in [9.17, 15) is 4.79 Å². The number of amides is 1. The van der Waals surface area contributed by atoms with Crippen molar-refractivity contribution in [3.05, 3.63) is 59.2 Å². The van der Waals surface area contributed by atoms with Crippen LogP contribution in [0.3, 0.4) is 0 Å². The summed E-state index contributed by atoms with van der Waals surface area (Å²) >= 11 is 0. The third kappa shape index (κ3) is 5.30. The Labute approximate surface area is 136 Å². The fourth-order valence-electron chi connectivity index (χ4n) is 2.24. The van der Waals surface area contributed by atoms with Gasteiger partial charge in [-0.2, -0.15) is 0 Å². The van der Waals surface area contributed by atoms with Gasteiger partial charge in [0, 0.05) is 11.1 Å². The predicted molar refractivity (Wildman–Crippen MR) is 88.2 cm³/mol. The number of quaternary nitrogens is 1. The summed E-state index contributed by atoms with van der Waals surface area (Å²) in [6, 6.07) is 14.2. The largest absolute Gasteiger partial charge is 0.493 e. The van der Waals surface area contributed by atoms with Gasteiger partial charge in [-0.15, -0.1) is 0 Å². The minimum atomic E-state index is -0.512. The third-order valence-corrected chi connectivity index (χ3v) is 3.48. The van der Waals surface area contributed by atoms with E-state index in [1.54, 1.807) is 13.2 Å². The van der Waals surface area contributed by atoms with Crippen molar-refractivity contribution in [3.8, 4) is 11.5 Å². The van der Waals surface area contributed by atoms with Crippen LogP contribution in [0.5, 0.6) is 11.5 Å². The summed E-state index contributed by atoms with van der Waals surface area (Å²) in [7, 11) is 1.58. The highest BCUT2D eigenvalue weighted by Crippen LogP contribution is 2.27. The molecule has 0 radical (unpaired) electrons. The van der Waals surface area contributed by atoms with Crippen LogP contribution in [-0.2, 0) is 17.9 Å². The summed E-state index contributed by atoms with van der Waals surface area (Å²) in [4.78, 5) is 10.8. The Morgan fingerprint density at radius 3 is 2.35 bits per heavy atom. The third-order valence-electron chi connectivity index (χ3n) is 3.48. The van der Waals surface area contributed by atoms with Gasteiger partial charge in [-0.05, 0) is 25.1 Å². The summed E-state index contributed by atoms with van der Waals surface area (Å²) in [5, 5.41) is 2.23. The number of carbonyl (C=O) groups is 1. The van der Waals surface area contributed by atoms with Gasteiger partial charge >= 0.3 is 0 Å². The van der Waals surface area contributed by atoms with E-state index < -0.39 is 5.91 Å². The molecule has 0 heterocycles. The lowest BCUT2D eigenvalue weighted by atomic mass is 10.1. The number of hydrogen-bond acceptors (Lipinski definition) is 3. The van der Waals surface area contributed by atoms with Gasteiger partial charge in [-0.1, -0.05) is 29.8 Å². The van der Waals surface area contributed by atoms with Crippen molar-refractivity contribution in [2.75, 3.05) is 13.7 Å². The summed E-state index contributed by atoms with van der Waals surface area (Å²) in [5.74, 6) is 0.614. The number of carbonyl (C=O) groups excluding carboxylic acids is 1. The van der Waals surface area contributed by atoms with Crippen molar-refractivity contribution in [1.29, 1.82) is 0 Å². The van der Waals surface area contributed by atoms with Gasteiger partial charge in [-0.25, -0.2) is 0 Å². The van der Waals surface area contributed by atoms with E-state index in [1.807, 2.05) is 12.1 Å². The average molecular weight is 315 g/mol. The maximum absolute atomic E-state index is 10.8. The molecule has 5 heteroatoms. The summed E-state index contributed by atoms with van der Waals surface area (Å²) in [6.45, 7) is 3.68. The predicted octanol–water partition coefficient (Wildman–Crippen LogP) is 1.13. The van der Waals surface area contributed by atoms with E-state index in [0.717, 1.165) is 18.7 Å². The molecule has 0 unspecified atom stereocenters. The zero-order valence-corrected chi connectivity index (χ0v) is 13.5. The molecule has 0 aliphatic heterocycles. The second-order valence-electron chi connectivity index (χ2n) is 5.42. The number of rotatable bonds is 8. The van der Waals surface area contributed by atoms with E-state index in [0.29, 0.717) is 11.5 Å². The Morgan fingerprint density at radius 2 is 1.70 bits per heavy atom. The molecule has 2 rings (SSSR count).